The van der Waals surface area contributed by atoms with E-state index >= 15 is 0 Å². The molecule has 0 aromatic heterocycles. The molecule has 4 heteroatoms. The van der Waals surface area contributed by atoms with E-state index in [1.54, 1.807) is 30.3 Å². The van der Waals surface area contributed by atoms with Gasteiger partial charge in [-0.15, -0.1) is 6.58 Å². The maximum atomic E-state index is 12.4. The first kappa shape index (κ1) is 17.5. The Morgan fingerprint density at radius 3 is 2.33 bits per heavy atom. The fourth-order valence-corrected chi connectivity index (χ4v) is 2.33. The Kier molecular flexibility index (Phi) is 6.32. The molecule has 1 atom stereocenters. The Bertz CT molecular complexity index is 689. The van der Waals surface area contributed by atoms with Crippen LogP contribution in [0.2, 0.25) is 0 Å². The molecule has 0 bridgehead atoms. The molecule has 0 amide bonds. The first-order valence-corrected chi connectivity index (χ1v) is 7.65. The van der Waals surface area contributed by atoms with Crippen molar-refractivity contribution in [2.45, 2.75) is 18.9 Å². The summed E-state index contributed by atoms with van der Waals surface area (Å²) in [6.07, 6.45) is 2.15. The van der Waals surface area contributed by atoms with Gasteiger partial charge >= 0.3 is 11.9 Å². The summed E-state index contributed by atoms with van der Waals surface area (Å²) in [7, 11) is 1.33. The monoisotopic (exact) mass is 324 g/mol. The fourth-order valence-electron chi connectivity index (χ4n) is 2.33. The summed E-state index contributed by atoms with van der Waals surface area (Å²) in [6.45, 7) is 3.93. The van der Waals surface area contributed by atoms with Crippen LogP contribution in [-0.4, -0.2) is 19.0 Å². The van der Waals surface area contributed by atoms with Crippen LogP contribution in [0.3, 0.4) is 0 Å². The molecule has 0 aliphatic rings. The van der Waals surface area contributed by atoms with Gasteiger partial charge in [0.1, 0.15) is 6.61 Å². The summed E-state index contributed by atoms with van der Waals surface area (Å²) in [5, 5.41) is 0. The highest BCUT2D eigenvalue weighted by Gasteiger charge is 2.21. The molecule has 0 saturated carbocycles. The largest absolute Gasteiger partial charge is 0.465 e. The van der Waals surface area contributed by atoms with Crippen molar-refractivity contribution in [2.75, 3.05) is 7.11 Å². The number of ether oxygens (including phenoxy) is 2. The molecule has 0 aliphatic carbocycles. The number of methoxy groups -OCH3 is 1. The number of benzene rings is 2. The molecule has 4 nitrogen and oxygen atoms in total. The van der Waals surface area contributed by atoms with E-state index in [0.717, 1.165) is 11.1 Å². The average molecular weight is 324 g/mol. The van der Waals surface area contributed by atoms with Crippen LogP contribution >= 0.6 is 0 Å². The molecule has 0 spiro atoms. The summed E-state index contributed by atoms with van der Waals surface area (Å²) in [6, 6.07) is 16.3. The first-order chi connectivity index (χ1) is 11.7. The zero-order valence-electron chi connectivity index (χ0n) is 13.6. The predicted molar refractivity (Wildman–Crippen MR) is 91.6 cm³/mol. The molecule has 0 heterocycles. The maximum absolute atomic E-state index is 12.4. The van der Waals surface area contributed by atoms with Crippen LogP contribution in [0.5, 0.6) is 0 Å². The lowest BCUT2D eigenvalue weighted by Crippen LogP contribution is -2.16. The number of rotatable bonds is 7. The molecular weight excluding hydrogens is 304 g/mol. The van der Waals surface area contributed by atoms with Crippen LogP contribution in [-0.2, 0) is 20.9 Å². The zero-order chi connectivity index (χ0) is 17.4. The normalized spacial score (nSPS) is 11.4. The Morgan fingerprint density at radius 1 is 1.08 bits per heavy atom. The van der Waals surface area contributed by atoms with Crippen molar-refractivity contribution < 1.29 is 19.1 Å². The second-order valence-electron chi connectivity index (χ2n) is 5.28. The number of esters is 2. The van der Waals surface area contributed by atoms with Gasteiger partial charge in [-0.2, -0.15) is 0 Å². The van der Waals surface area contributed by atoms with Gasteiger partial charge in [-0.1, -0.05) is 48.5 Å². The minimum absolute atomic E-state index is 0.230. The Balaban J connectivity index is 2.08. The average Bonchev–Trinajstić information content (AvgIpc) is 2.64. The minimum atomic E-state index is -0.446. The van der Waals surface area contributed by atoms with Crippen LogP contribution in [0.15, 0.2) is 67.3 Å². The lowest BCUT2D eigenvalue weighted by atomic mass is 9.95. The molecule has 2 rings (SSSR count). The van der Waals surface area contributed by atoms with Crippen LogP contribution in [0, 0.1) is 0 Å². The lowest BCUT2D eigenvalue weighted by molar-refractivity contribution is -0.146. The van der Waals surface area contributed by atoms with Gasteiger partial charge in [-0.3, -0.25) is 4.79 Å². The number of hydrogen-bond donors (Lipinski definition) is 0. The van der Waals surface area contributed by atoms with Crippen molar-refractivity contribution in [3.63, 3.8) is 0 Å². The number of allylic oxidation sites excluding steroid dienone is 1. The van der Waals surface area contributed by atoms with Crippen molar-refractivity contribution in [1.82, 2.24) is 0 Å². The van der Waals surface area contributed by atoms with E-state index in [1.165, 1.54) is 7.11 Å². The van der Waals surface area contributed by atoms with Crippen molar-refractivity contribution in [2.24, 2.45) is 0 Å². The molecule has 1 unspecified atom stereocenters. The van der Waals surface area contributed by atoms with Gasteiger partial charge in [-0.05, 0) is 29.7 Å². The second kappa shape index (κ2) is 8.67. The topological polar surface area (TPSA) is 52.6 Å². The van der Waals surface area contributed by atoms with Crippen molar-refractivity contribution >= 4 is 11.9 Å². The van der Waals surface area contributed by atoms with E-state index in [9.17, 15) is 9.59 Å². The molecule has 2 aromatic rings. The van der Waals surface area contributed by atoms with Gasteiger partial charge in [0.15, 0.2) is 0 Å². The van der Waals surface area contributed by atoms with Gasteiger partial charge in [0.25, 0.3) is 0 Å². The van der Waals surface area contributed by atoms with E-state index in [4.69, 9.17) is 4.74 Å². The summed E-state index contributed by atoms with van der Waals surface area (Å²) in [5.41, 5.74) is 2.15. The van der Waals surface area contributed by atoms with Gasteiger partial charge in [-0.25, -0.2) is 4.79 Å². The Morgan fingerprint density at radius 2 is 1.75 bits per heavy atom. The standard InChI is InChI=1S/C20H20O4/c1-3-7-18(16-10-12-17(13-11-16)19(21)23-2)20(22)24-14-15-8-5-4-6-9-15/h3-6,8-13,18H,1,7,14H2,2H3. The molecule has 0 aliphatic heterocycles. The maximum Gasteiger partial charge on any atom is 0.337 e. The Hall–Kier alpha value is -2.88. The van der Waals surface area contributed by atoms with Gasteiger partial charge in [0, 0.05) is 0 Å². The van der Waals surface area contributed by atoms with E-state index in [2.05, 4.69) is 11.3 Å². The third kappa shape index (κ3) is 4.56. The van der Waals surface area contributed by atoms with E-state index in [1.807, 2.05) is 30.3 Å². The molecule has 0 saturated heterocycles. The van der Waals surface area contributed by atoms with Crippen LogP contribution in [0.25, 0.3) is 0 Å². The highest BCUT2D eigenvalue weighted by atomic mass is 16.5. The minimum Gasteiger partial charge on any atom is -0.465 e. The summed E-state index contributed by atoms with van der Waals surface area (Å²) >= 11 is 0. The Labute approximate surface area is 141 Å². The first-order valence-electron chi connectivity index (χ1n) is 7.65. The summed E-state index contributed by atoms with van der Waals surface area (Å²) in [4.78, 5) is 23.9. The SMILES string of the molecule is C=CCC(C(=O)OCc1ccccc1)c1ccc(C(=O)OC)cc1. The predicted octanol–water partition coefficient (Wildman–Crippen LogP) is 3.88. The second-order valence-corrected chi connectivity index (χ2v) is 5.28. The lowest BCUT2D eigenvalue weighted by Gasteiger charge is -2.15. The van der Waals surface area contributed by atoms with Crippen molar-refractivity contribution in [3.05, 3.63) is 83.9 Å². The van der Waals surface area contributed by atoms with Crippen molar-refractivity contribution in [3.8, 4) is 0 Å². The van der Waals surface area contributed by atoms with E-state index in [0.29, 0.717) is 12.0 Å². The fraction of sp³-hybridized carbons (Fsp3) is 0.200. The van der Waals surface area contributed by atoms with Gasteiger partial charge in [0.2, 0.25) is 0 Å². The quantitative estimate of drug-likeness (QED) is 0.573. The third-order valence-electron chi connectivity index (χ3n) is 3.64. The van der Waals surface area contributed by atoms with Crippen LogP contribution < -0.4 is 0 Å². The number of carbonyl (C=O) groups is 2. The van der Waals surface area contributed by atoms with E-state index in [-0.39, 0.29) is 12.6 Å². The molecule has 24 heavy (non-hydrogen) atoms. The highest BCUT2D eigenvalue weighted by molar-refractivity contribution is 5.89. The highest BCUT2D eigenvalue weighted by Crippen LogP contribution is 2.23. The number of carbonyl (C=O) groups excluding carboxylic acids is 2. The molecule has 0 radical (unpaired) electrons. The van der Waals surface area contributed by atoms with Crippen LogP contribution in [0.4, 0.5) is 0 Å². The summed E-state index contributed by atoms with van der Waals surface area (Å²) < 4.78 is 10.1. The van der Waals surface area contributed by atoms with Crippen molar-refractivity contribution in [1.29, 1.82) is 0 Å². The summed E-state index contributed by atoms with van der Waals surface area (Å²) in [5.74, 6) is -1.17. The van der Waals surface area contributed by atoms with Gasteiger partial charge < -0.3 is 9.47 Å². The van der Waals surface area contributed by atoms with E-state index < -0.39 is 11.9 Å². The molecule has 0 fully saturated rings. The van der Waals surface area contributed by atoms with Gasteiger partial charge in [0.05, 0.1) is 18.6 Å². The molecule has 2 aromatic carbocycles. The molecule has 0 N–H and O–H groups in total. The molecular formula is C20H20O4. The zero-order valence-corrected chi connectivity index (χ0v) is 13.6. The third-order valence-corrected chi connectivity index (χ3v) is 3.64. The van der Waals surface area contributed by atoms with Crippen LogP contribution in [0.1, 0.15) is 33.8 Å². The molecule has 124 valence electrons. The smallest absolute Gasteiger partial charge is 0.337 e. The number of hydrogen-bond acceptors (Lipinski definition) is 4.